The first-order chi connectivity index (χ1) is 13.2. The Balaban J connectivity index is 0.00000102. The molecule has 1 aliphatic heterocycles. The van der Waals surface area contributed by atoms with E-state index in [1.165, 1.54) is 22.4 Å². The largest absolute Gasteiger partial charge is 0.489 e. The van der Waals surface area contributed by atoms with E-state index in [0.29, 0.717) is 11.4 Å². The van der Waals surface area contributed by atoms with Crippen LogP contribution < -0.4 is 4.74 Å². The van der Waals surface area contributed by atoms with Crippen molar-refractivity contribution in [3.8, 4) is 5.75 Å². The van der Waals surface area contributed by atoms with Gasteiger partial charge in [0.1, 0.15) is 12.4 Å². The highest BCUT2D eigenvalue weighted by molar-refractivity contribution is 9.10. The van der Waals surface area contributed by atoms with Gasteiger partial charge in [-0.05, 0) is 53.9 Å². The molecule has 0 bridgehead atoms. The van der Waals surface area contributed by atoms with Gasteiger partial charge in [0, 0.05) is 17.7 Å². The zero-order valence-corrected chi connectivity index (χ0v) is 18.8. The van der Waals surface area contributed by atoms with Crippen LogP contribution in [0.25, 0.3) is 0 Å². The van der Waals surface area contributed by atoms with E-state index in [1.807, 2.05) is 30.1 Å². The lowest BCUT2D eigenvalue weighted by molar-refractivity contribution is 0.305. The number of halogens is 2. The summed E-state index contributed by atoms with van der Waals surface area (Å²) in [6.07, 6.45) is 5.02. The number of fused-ring (bicyclic) bond motifs is 3. The minimum atomic E-state index is -0.00435. The maximum atomic E-state index is 6.08. The molecule has 0 amide bonds. The number of allylic oxidation sites excluding steroid dienone is 1. The summed E-state index contributed by atoms with van der Waals surface area (Å²) in [6.45, 7) is 5.50. The Morgan fingerprint density at radius 3 is 2.74 bits per heavy atom. The topological polar surface area (TPSA) is 21.6 Å². The zero-order valence-electron chi connectivity index (χ0n) is 15.6. The second kappa shape index (κ2) is 9.20. The van der Waals surface area contributed by atoms with Crippen molar-refractivity contribution in [3.05, 3.63) is 77.9 Å². The highest BCUT2D eigenvalue weighted by atomic mass is 79.9. The summed E-state index contributed by atoms with van der Waals surface area (Å²) in [5, 5.41) is 0. The van der Waals surface area contributed by atoms with Crippen molar-refractivity contribution in [2.45, 2.75) is 36.1 Å². The van der Waals surface area contributed by atoms with Crippen LogP contribution in [0.1, 0.15) is 29.5 Å². The van der Waals surface area contributed by atoms with Gasteiger partial charge in [-0.1, -0.05) is 74.3 Å². The second-order valence-electron chi connectivity index (χ2n) is 6.86. The predicted octanol–water partition coefficient (Wildman–Crippen LogP) is 6.25. The number of aliphatic imine (C=N–C) groups is 1. The number of benzene rings is 2. The van der Waals surface area contributed by atoms with E-state index >= 15 is 0 Å². The van der Waals surface area contributed by atoms with E-state index in [-0.39, 0.29) is 5.41 Å². The Labute approximate surface area is 179 Å². The summed E-state index contributed by atoms with van der Waals surface area (Å²) < 4.78 is 6.08. The molecule has 1 heterocycles. The lowest BCUT2D eigenvalue weighted by Crippen LogP contribution is -2.43. The molecule has 2 atom stereocenters. The number of hydrogen-bond acceptors (Lipinski definition) is 2. The molecule has 142 valence electrons. The van der Waals surface area contributed by atoms with Crippen molar-refractivity contribution >= 4 is 37.6 Å². The van der Waals surface area contributed by atoms with Crippen LogP contribution in [0.2, 0.25) is 0 Å². The van der Waals surface area contributed by atoms with Gasteiger partial charge in [-0.2, -0.15) is 0 Å². The molecule has 0 radical (unpaired) electrons. The molecule has 2 aromatic carbocycles. The molecule has 0 saturated heterocycles. The number of nitrogens with zero attached hydrogens (tertiary/aromatic N) is 1. The van der Waals surface area contributed by atoms with Gasteiger partial charge in [-0.25, -0.2) is 0 Å². The van der Waals surface area contributed by atoms with E-state index in [9.17, 15) is 0 Å². The highest BCUT2D eigenvalue weighted by Gasteiger charge is 2.46. The molecule has 2 unspecified atom stereocenters. The Morgan fingerprint density at radius 1 is 1.22 bits per heavy atom. The van der Waals surface area contributed by atoms with Crippen LogP contribution in [0.3, 0.4) is 0 Å². The van der Waals surface area contributed by atoms with Gasteiger partial charge in [0.15, 0.2) is 0 Å². The quantitative estimate of drug-likeness (QED) is 0.358. The zero-order chi connectivity index (χ0) is 19.3. The lowest BCUT2D eigenvalue weighted by atomic mass is 9.66. The average Bonchev–Trinajstić information content (AvgIpc) is 3.15. The molecule has 2 aromatic rings. The molecular weight excluding hydrogens is 466 g/mol. The van der Waals surface area contributed by atoms with Crippen LogP contribution in [-0.2, 0) is 18.4 Å². The molecule has 4 heteroatoms. The number of alkyl halides is 2. The monoisotopic (exact) mass is 489 g/mol. The molecule has 1 aliphatic carbocycles. The lowest BCUT2D eigenvalue weighted by Gasteiger charge is -2.39. The fourth-order valence-electron chi connectivity index (χ4n) is 4.18. The standard InChI is InChI=1S/C22H22BrNO.CH3Br/c1-2-10-22-11-12-24-21(22)20(23)13-17-8-9-18(14-19(17)22)25-15-16-6-4-3-5-7-16;1-2/h2-9,14,20H,1,10-13,15H2;1H3. The highest BCUT2D eigenvalue weighted by Crippen LogP contribution is 2.47. The predicted molar refractivity (Wildman–Crippen MR) is 122 cm³/mol. The van der Waals surface area contributed by atoms with Crippen molar-refractivity contribution in [1.82, 2.24) is 0 Å². The number of rotatable bonds is 5. The normalized spacial score (nSPS) is 22.6. The Kier molecular flexibility index (Phi) is 6.93. The molecule has 0 N–H and O–H groups in total. The number of hydrogen-bond donors (Lipinski definition) is 0. The molecular formula is C23H25Br2NO. The third-order valence-electron chi connectivity index (χ3n) is 5.34. The SMILES string of the molecule is C=CCC12CCN=C1C(Br)Cc1ccc(OCc3ccccc3)cc12.CBr. The van der Waals surface area contributed by atoms with E-state index < -0.39 is 0 Å². The van der Waals surface area contributed by atoms with E-state index in [0.717, 1.165) is 31.6 Å². The molecule has 0 fully saturated rings. The first-order valence-electron chi connectivity index (χ1n) is 9.21. The average molecular weight is 491 g/mol. The summed E-state index contributed by atoms with van der Waals surface area (Å²) in [7, 11) is 0. The summed E-state index contributed by atoms with van der Waals surface area (Å²) in [5.74, 6) is 2.75. The fraction of sp³-hybridized carbons (Fsp3) is 0.348. The summed E-state index contributed by atoms with van der Waals surface area (Å²) >= 11 is 6.79. The first kappa shape index (κ1) is 20.3. The van der Waals surface area contributed by atoms with Gasteiger partial charge in [0.05, 0.1) is 4.83 Å². The molecule has 27 heavy (non-hydrogen) atoms. The van der Waals surface area contributed by atoms with Gasteiger partial charge in [0.25, 0.3) is 0 Å². The second-order valence-corrected chi connectivity index (χ2v) is 7.96. The number of ether oxygens (including phenoxy) is 1. The van der Waals surface area contributed by atoms with E-state index in [1.54, 1.807) is 0 Å². The Morgan fingerprint density at radius 2 is 2.00 bits per heavy atom. The van der Waals surface area contributed by atoms with E-state index in [4.69, 9.17) is 9.73 Å². The molecule has 4 rings (SSSR count). The van der Waals surface area contributed by atoms with Gasteiger partial charge in [0.2, 0.25) is 0 Å². The Bertz CT molecular complexity index is 818. The van der Waals surface area contributed by atoms with Crippen LogP contribution in [-0.4, -0.2) is 22.9 Å². The third kappa shape index (κ3) is 4.07. The van der Waals surface area contributed by atoms with Crippen LogP contribution in [0.5, 0.6) is 5.75 Å². The molecule has 2 aliphatic rings. The van der Waals surface area contributed by atoms with Gasteiger partial charge >= 0.3 is 0 Å². The van der Waals surface area contributed by atoms with Crippen molar-refractivity contribution < 1.29 is 4.74 Å². The van der Waals surface area contributed by atoms with Gasteiger partial charge in [-0.3, -0.25) is 4.99 Å². The fourth-order valence-corrected chi connectivity index (χ4v) is 5.11. The minimum absolute atomic E-state index is 0.00435. The minimum Gasteiger partial charge on any atom is -0.489 e. The van der Waals surface area contributed by atoms with Crippen LogP contribution in [0.4, 0.5) is 0 Å². The summed E-state index contributed by atoms with van der Waals surface area (Å²) in [6, 6.07) is 16.9. The van der Waals surface area contributed by atoms with Crippen molar-refractivity contribution in [2.24, 2.45) is 4.99 Å². The van der Waals surface area contributed by atoms with Gasteiger partial charge < -0.3 is 4.74 Å². The van der Waals surface area contributed by atoms with Crippen molar-refractivity contribution in [1.29, 1.82) is 0 Å². The summed E-state index contributed by atoms with van der Waals surface area (Å²) in [5.41, 5.74) is 5.25. The Hall–Kier alpha value is -1.39. The summed E-state index contributed by atoms with van der Waals surface area (Å²) in [4.78, 5) is 5.16. The molecule has 0 aromatic heterocycles. The maximum Gasteiger partial charge on any atom is 0.120 e. The maximum absolute atomic E-state index is 6.08. The molecule has 0 saturated carbocycles. The van der Waals surface area contributed by atoms with Crippen molar-refractivity contribution in [3.63, 3.8) is 0 Å². The van der Waals surface area contributed by atoms with Crippen LogP contribution in [0, 0.1) is 0 Å². The smallest absolute Gasteiger partial charge is 0.120 e. The van der Waals surface area contributed by atoms with Crippen molar-refractivity contribution in [2.75, 3.05) is 12.4 Å². The van der Waals surface area contributed by atoms with Gasteiger partial charge in [-0.15, -0.1) is 6.58 Å². The van der Waals surface area contributed by atoms with E-state index in [2.05, 4.69) is 68.8 Å². The van der Waals surface area contributed by atoms with Crippen LogP contribution in [0.15, 0.2) is 66.2 Å². The first-order valence-corrected chi connectivity index (χ1v) is 11.7. The molecule has 0 spiro atoms. The van der Waals surface area contributed by atoms with Crippen LogP contribution >= 0.6 is 31.9 Å². The third-order valence-corrected chi connectivity index (χ3v) is 6.10. The molecule has 2 nitrogen and oxygen atoms in total.